The summed E-state index contributed by atoms with van der Waals surface area (Å²) in [5.41, 5.74) is 1.73. The van der Waals surface area contributed by atoms with E-state index in [2.05, 4.69) is 5.32 Å². The zero-order valence-corrected chi connectivity index (χ0v) is 14.4. The minimum atomic E-state index is -0.343. The van der Waals surface area contributed by atoms with Crippen LogP contribution in [0.3, 0.4) is 0 Å². The van der Waals surface area contributed by atoms with Crippen LogP contribution in [0.4, 0.5) is 4.39 Å². The largest absolute Gasteiger partial charge is 0.370 e. The molecule has 1 aliphatic heterocycles. The second-order valence-corrected chi connectivity index (χ2v) is 6.19. The Morgan fingerprint density at radius 2 is 1.85 bits per heavy atom. The lowest BCUT2D eigenvalue weighted by atomic mass is 10.1. The predicted molar refractivity (Wildman–Crippen MR) is 94.8 cm³/mol. The Hall–Kier alpha value is -2.73. The van der Waals surface area contributed by atoms with E-state index in [9.17, 15) is 14.0 Å². The fraction of sp³-hybridized carbons (Fsp3) is 0.300. The molecule has 0 bridgehead atoms. The summed E-state index contributed by atoms with van der Waals surface area (Å²) in [6.45, 7) is 1.39. The van der Waals surface area contributed by atoms with Gasteiger partial charge in [0.25, 0.3) is 0 Å². The second-order valence-electron chi connectivity index (χ2n) is 6.19. The summed E-state index contributed by atoms with van der Waals surface area (Å²) in [4.78, 5) is 26.1. The third-order valence-corrected chi connectivity index (χ3v) is 4.31. The van der Waals surface area contributed by atoms with E-state index in [1.54, 1.807) is 17.0 Å². The Morgan fingerprint density at radius 1 is 1.12 bits per heavy atom. The van der Waals surface area contributed by atoms with Crippen LogP contribution in [0.1, 0.15) is 17.2 Å². The molecule has 1 saturated heterocycles. The van der Waals surface area contributed by atoms with Crippen LogP contribution in [0.15, 0.2) is 54.6 Å². The molecule has 6 heteroatoms. The SMILES string of the molecule is O=C(Cc1ccc(F)cc1)NCC(=O)N1CCOC(c2ccccc2)C1. The average molecular weight is 356 g/mol. The average Bonchev–Trinajstić information content (AvgIpc) is 2.69. The van der Waals surface area contributed by atoms with Crippen LogP contribution < -0.4 is 5.32 Å². The first-order valence-electron chi connectivity index (χ1n) is 8.57. The summed E-state index contributed by atoms with van der Waals surface area (Å²) in [5, 5.41) is 2.63. The molecule has 0 aliphatic carbocycles. The minimum Gasteiger partial charge on any atom is -0.370 e. The smallest absolute Gasteiger partial charge is 0.242 e. The molecule has 0 aromatic heterocycles. The summed E-state index contributed by atoms with van der Waals surface area (Å²) in [7, 11) is 0. The van der Waals surface area contributed by atoms with Gasteiger partial charge in [-0.3, -0.25) is 9.59 Å². The van der Waals surface area contributed by atoms with Crippen molar-refractivity contribution in [2.45, 2.75) is 12.5 Å². The number of rotatable bonds is 5. The van der Waals surface area contributed by atoms with Crippen molar-refractivity contribution in [3.05, 3.63) is 71.5 Å². The van der Waals surface area contributed by atoms with E-state index in [4.69, 9.17) is 4.74 Å². The van der Waals surface area contributed by atoms with Crippen molar-refractivity contribution < 1.29 is 18.7 Å². The highest BCUT2D eigenvalue weighted by atomic mass is 19.1. The molecule has 1 heterocycles. The number of morpholine rings is 1. The van der Waals surface area contributed by atoms with Gasteiger partial charge in [-0.2, -0.15) is 0 Å². The van der Waals surface area contributed by atoms with Gasteiger partial charge in [0.2, 0.25) is 11.8 Å². The van der Waals surface area contributed by atoms with E-state index >= 15 is 0 Å². The lowest BCUT2D eigenvalue weighted by molar-refractivity contribution is -0.139. The molecule has 1 atom stereocenters. The predicted octanol–water partition coefficient (Wildman–Crippen LogP) is 2.08. The third kappa shape index (κ3) is 4.89. The number of benzene rings is 2. The van der Waals surface area contributed by atoms with Gasteiger partial charge in [0.05, 0.1) is 26.1 Å². The van der Waals surface area contributed by atoms with Crippen molar-refractivity contribution >= 4 is 11.8 Å². The summed E-state index contributed by atoms with van der Waals surface area (Å²) in [5.74, 6) is -0.746. The number of carbonyl (C=O) groups is 2. The number of hydrogen-bond donors (Lipinski definition) is 1. The van der Waals surface area contributed by atoms with Gasteiger partial charge in [0.15, 0.2) is 0 Å². The molecule has 3 rings (SSSR count). The highest BCUT2D eigenvalue weighted by Crippen LogP contribution is 2.21. The Balaban J connectivity index is 1.48. The molecule has 0 radical (unpaired) electrons. The quantitative estimate of drug-likeness (QED) is 0.892. The normalized spacial score (nSPS) is 17.0. The highest BCUT2D eigenvalue weighted by Gasteiger charge is 2.25. The molecule has 5 nitrogen and oxygen atoms in total. The van der Waals surface area contributed by atoms with Crippen molar-refractivity contribution in [1.82, 2.24) is 10.2 Å². The van der Waals surface area contributed by atoms with Crippen LogP contribution in [-0.4, -0.2) is 43.0 Å². The van der Waals surface area contributed by atoms with E-state index in [0.717, 1.165) is 5.56 Å². The van der Waals surface area contributed by atoms with E-state index < -0.39 is 0 Å². The fourth-order valence-corrected chi connectivity index (χ4v) is 2.88. The molecule has 0 spiro atoms. The van der Waals surface area contributed by atoms with E-state index in [1.165, 1.54) is 12.1 Å². The Labute approximate surface area is 151 Å². The molecule has 2 amide bonds. The molecular formula is C20H21FN2O3. The van der Waals surface area contributed by atoms with Crippen LogP contribution in [0.25, 0.3) is 0 Å². The number of halogens is 1. The monoisotopic (exact) mass is 356 g/mol. The standard InChI is InChI=1S/C20H21FN2O3/c21-17-8-6-15(7-9-17)12-19(24)22-13-20(25)23-10-11-26-18(14-23)16-4-2-1-3-5-16/h1-9,18H,10-14H2,(H,22,24). The van der Waals surface area contributed by atoms with Crippen molar-refractivity contribution in [3.63, 3.8) is 0 Å². The maximum absolute atomic E-state index is 12.9. The van der Waals surface area contributed by atoms with Gasteiger partial charge in [-0.1, -0.05) is 42.5 Å². The van der Waals surface area contributed by atoms with E-state index in [1.807, 2.05) is 30.3 Å². The molecule has 26 heavy (non-hydrogen) atoms. The zero-order valence-electron chi connectivity index (χ0n) is 14.4. The molecule has 1 aliphatic rings. The van der Waals surface area contributed by atoms with Gasteiger partial charge in [-0.25, -0.2) is 4.39 Å². The molecule has 1 N–H and O–H groups in total. The molecule has 1 fully saturated rings. The molecule has 2 aromatic carbocycles. The van der Waals surface area contributed by atoms with Gasteiger partial charge in [0, 0.05) is 6.54 Å². The maximum Gasteiger partial charge on any atom is 0.242 e. The molecular weight excluding hydrogens is 335 g/mol. The number of amides is 2. The zero-order chi connectivity index (χ0) is 18.4. The fourth-order valence-electron chi connectivity index (χ4n) is 2.88. The van der Waals surface area contributed by atoms with Gasteiger partial charge in [-0.15, -0.1) is 0 Å². The third-order valence-electron chi connectivity index (χ3n) is 4.31. The van der Waals surface area contributed by atoms with Crippen LogP contribution in [0.5, 0.6) is 0 Å². The van der Waals surface area contributed by atoms with Gasteiger partial charge >= 0.3 is 0 Å². The molecule has 1 unspecified atom stereocenters. The lowest BCUT2D eigenvalue weighted by Crippen LogP contribution is -2.46. The number of hydrogen-bond acceptors (Lipinski definition) is 3. The Morgan fingerprint density at radius 3 is 2.58 bits per heavy atom. The Kier molecular flexibility index (Phi) is 5.96. The number of carbonyl (C=O) groups excluding carboxylic acids is 2. The summed E-state index contributed by atoms with van der Waals surface area (Å²) in [6.07, 6.45) is -0.0348. The van der Waals surface area contributed by atoms with Crippen molar-refractivity contribution in [1.29, 1.82) is 0 Å². The van der Waals surface area contributed by atoms with Gasteiger partial charge in [0.1, 0.15) is 11.9 Å². The van der Waals surface area contributed by atoms with Crippen LogP contribution in [0, 0.1) is 5.82 Å². The van der Waals surface area contributed by atoms with E-state index in [0.29, 0.717) is 25.3 Å². The Bertz CT molecular complexity index is 749. The van der Waals surface area contributed by atoms with Crippen LogP contribution in [0.2, 0.25) is 0 Å². The first kappa shape index (κ1) is 18.1. The topological polar surface area (TPSA) is 58.6 Å². The minimum absolute atomic E-state index is 0.0540. The first-order valence-corrected chi connectivity index (χ1v) is 8.57. The van der Waals surface area contributed by atoms with Crippen LogP contribution in [-0.2, 0) is 20.7 Å². The van der Waals surface area contributed by atoms with Gasteiger partial charge in [-0.05, 0) is 23.3 Å². The molecule has 0 saturated carbocycles. The number of ether oxygens (including phenoxy) is 1. The second kappa shape index (κ2) is 8.58. The van der Waals surface area contributed by atoms with Crippen molar-refractivity contribution in [2.24, 2.45) is 0 Å². The first-order chi connectivity index (χ1) is 12.6. The van der Waals surface area contributed by atoms with Crippen molar-refractivity contribution in [3.8, 4) is 0 Å². The maximum atomic E-state index is 12.9. The summed E-state index contributed by atoms with van der Waals surface area (Å²) < 4.78 is 18.6. The molecule has 2 aromatic rings. The number of nitrogens with one attached hydrogen (secondary N) is 1. The van der Waals surface area contributed by atoms with Gasteiger partial charge < -0.3 is 15.0 Å². The van der Waals surface area contributed by atoms with E-state index in [-0.39, 0.29) is 36.7 Å². The highest BCUT2D eigenvalue weighted by molar-refractivity contribution is 5.85. The number of nitrogens with zero attached hydrogens (tertiary/aromatic N) is 1. The van der Waals surface area contributed by atoms with Crippen molar-refractivity contribution in [2.75, 3.05) is 26.2 Å². The lowest BCUT2D eigenvalue weighted by Gasteiger charge is -2.33. The summed E-state index contributed by atoms with van der Waals surface area (Å²) >= 11 is 0. The molecule has 136 valence electrons. The summed E-state index contributed by atoms with van der Waals surface area (Å²) in [6, 6.07) is 15.5. The van der Waals surface area contributed by atoms with Crippen LogP contribution >= 0.6 is 0 Å².